The van der Waals surface area contributed by atoms with E-state index in [0.29, 0.717) is 12.3 Å². The molecule has 0 spiro atoms. The highest BCUT2D eigenvalue weighted by atomic mass is 16.3. The third-order valence-electron chi connectivity index (χ3n) is 10.5. The lowest BCUT2D eigenvalue weighted by atomic mass is 9.44. The SMILES string of the molecule is C[C@]12CC[C@@H](O)C[C@H]1CC[C@@H]1[C@@H]2C(=O)C[C@@]2(C)[C@H]1CC[C@]2(O)C(=O)CO.O=C(n1ccnc1)n1ccnc1. The average Bonchev–Trinajstić information content (AvgIpc) is 3.66. The van der Waals surface area contributed by atoms with Crippen molar-refractivity contribution >= 4 is 17.6 Å². The molecule has 10 heteroatoms. The Bertz CT molecular complexity index is 1150. The van der Waals surface area contributed by atoms with Crippen LogP contribution < -0.4 is 0 Å². The fraction of sp³-hybridized carbons (Fsp3) is 0.679. The van der Waals surface area contributed by atoms with Crippen LogP contribution in [-0.2, 0) is 9.59 Å². The van der Waals surface area contributed by atoms with E-state index in [9.17, 15) is 29.7 Å². The van der Waals surface area contributed by atoms with E-state index in [-0.39, 0.29) is 47.5 Å². The van der Waals surface area contributed by atoms with Crippen molar-refractivity contribution in [1.82, 2.24) is 19.1 Å². The minimum absolute atomic E-state index is 0.0154. The summed E-state index contributed by atoms with van der Waals surface area (Å²) < 4.78 is 2.75. The Labute approximate surface area is 222 Å². The Hall–Kier alpha value is -2.69. The maximum absolute atomic E-state index is 13.4. The van der Waals surface area contributed by atoms with Crippen LogP contribution in [0.2, 0.25) is 0 Å². The first-order valence-corrected chi connectivity index (χ1v) is 13.6. The number of hydrogen-bond donors (Lipinski definition) is 3. The van der Waals surface area contributed by atoms with E-state index in [4.69, 9.17) is 0 Å². The maximum Gasteiger partial charge on any atom is 0.338 e. The Kier molecular flexibility index (Phi) is 6.94. The summed E-state index contributed by atoms with van der Waals surface area (Å²) in [6.45, 7) is 3.46. The van der Waals surface area contributed by atoms with Gasteiger partial charge in [0.2, 0.25) is 0 Å². The van der Waals surface area contributed by atoms with Crippen molar-refractivity contribution in [2.24, 2.45) is 34.5 Å². The van der Waals surface area contributed by atoms with Crippen molar-refractivity contribution < 1.29 is 29.7 Å². The van der Waals surface area contributed by atoms with Gasteiger partial charge < -0.3 is 15.3 Å². The molecule has 0 aromatic carbocycles. The molecule has 0 amide bonds. The van der Waals surface area contributed by atoms with Crippen LogP contribution in [-0.4, -0.2) is 70.3 Å². The number of aromatic nitrogens is 4. The summed E-state index contributed by atoms with van der Waals surface area (Å²) in [5, 5.41) is 30.6. The Morgan fingerprint density at radius 1 is 1.03 bits per heavy atom. The standard InChI is InChI=1S/C21H32O5.C7H6N4O/c1-19-7-5-13(23)9-12(19)3-4-14-15-6-8-21(26,17(25)11-22)20(15,2)10-16(24)18(14)19;12-7(10-3-1-8-5-10)11-4-2-9-6-11/h12-15,18,22-23,26H,3-11H2,1-2H3;1-6H/t12-,13-,14+,15+,18-,19+,20+,21+;/m1./s1. The van der Waals surface area contributed by atoms with Gasteiger partial charge in [0.1, 0.15) is 30.6 Å². The number of carbonyl (C=O) groups is 3. The molecule has 0 radical (unpaired) electrons. The van der Waals surface area contributed by atoms with E-state index in [1.54, 1.807) is 24.8 Å². The summed E-state index contributed by atoms with van der Waals surface area (Å²) in [7, 11) is 0. The van der Waals surface area contributed by atoms with Crippen LogP contribution >= 0.6 is 0 Å². The van der Waals surface area contributed by atoms with Crippen LogP contribution in [0.5, 0.6) is 0 Å². The number of rotatable bonds is 2. The van der Waals surface area contributed by atoms with Gasteiger partial charge >= 0.3 is 6.03 Å². The second-order valence-electron chi connectivity index (χ2n) is 12.2. The van der Waals surface area contributed by atoms with E-state index in [1.165, 1.54) is 21.8 Å². The quantitative estimate of drug-likeness (QED) is 0.541. The molecule has 4 aliphatic rings. The summed E-state index contributed by atoms with van der Waals surface area (Å²) in [5.41, 5.74) is -2.40. The Morgan fingerprint density at radius 2 is 1.68 bits per heavy atom. The second kappa shape index (κ2) is 9.81. The smallest absolute Gasteiger partial charge is 0.338 e. The zero-order valence-electron chi connectivity index (χ0n) is 22.1. The number of carbonyl (C=O) groups excluding carboxylic acids is 3. The van der Waals surface area contributed by atoms with Crippen molar-refractivity contribution in [2.45, 2.75) is 76.9 Å². The molecule has 2 aromatic rings. The highest BCUT2D eigenvalue weighted by Crippen LogP contribution is 2.67. The molecule has 0 aliphatic heterocycles. The lowest BCUT2D eigenvalue weighted by Crippen LogP contribution is -2.62. The third-order valence-corrected chi connectivity index (χ3v) is 10.5. The van der Waals surface area contributed by atoms with Crippen molar-refractivity contribution in [3.63, 3.8) is 0 Å². The molecule has 38 heavy (non-hydrogen) atoms. The predicted octanol–water partition coefficient (Wildman–Crippen LogP) is 2.46. The van der Waals surface area contributed by atoms with Gasteiger partial charge in [-0.2, -0.15) is 0 Å². The van der Waals surface area contributed by atoms with Gasteiger partial charge in [-0.3, -0.25) is 18.7 Å². The number of aliphatic hydroxyl groups excluding tert-OH is 2. The molecule has 2 heterocycles. The van der Waals surface area contributed by atoms with Crippen LogP contribution in [0, 0.1) is 34.5 Å². The first-order valence-electron chi connectivity index (χ1n) is 13.6. The van der Waals surface area contributed by atoms with Gasteiger partial charge in [-0.05, 0) is 68.1 Å². The zero-order chi connectivity index (χ0) is 27.3. The van der Waals surface area contributed by atoms with Crippen LogP contribution in [0.4, 0.5) is 4.79 Å². The molecule has 4 fully saturated rings. The Morgan fingerprint density at radius 3 is 2.26 bits per heavy atom. The maximum atomic E-state index is 13.4. The second-order valence-corrected chi connectivity index (χ2v) is 12.2. The highest BCUT2D eigenvalue weighted by molar-refractivity contribution is 5.92. The van der Waals surface area contributed by atoms with Gasteiger partial charge in [0, 0.05) is 42.5 Å². The monoisotopic (exact) mass is 526 g/mol. The fourth-order valence-corrected chi connectivity index (χ4v) is 8.52. The summed E-state index contributed by atoms with van der Waals surface area (Å²) >= 11 is 0. The predicted molar refractivity (Wildman–Crippen MR) is 136 cm³/mol. The molecule has 3 N–H and O–H groups in total. The first kappa shape index (κ1) is 26.9. The summed E-state index contributed by atoms with van der Waals surface area (Å²) in [5.74, 6) is 0.380. The largest absolute Gasteiger partial charge is 0.393 e. The third kappa shape index (κ3) is 4.08. The molecule has 6 rings (SSSR count). The molecular formula is C28H38N4O6. The minimum Gasteiger partial charge on any atom is -0.393 e. The zero-order valence-corrected chi connectivity index (χ0v) is 22.1. The number of aliphatic hydroxyl groups is 3. The van der Waals surface area contributed by atoms with Crippen LogP contribution in [0.1, 0.15) is 65.2 Å². The number of hydrogen-bond acceptors (Lipinski definition) is 8. The number of nitrogens with zero attached hydrogens (tertiary/aromatic N) is 4. The molecule has 0 saturated heterocycles. The summed E-state index contributed by atoms with van der Waals surface area (Å²) in [6.07, 6.45) is 14.6. The molecular weight excluding hydrogens is 488 g/mol. The van der Waals surface area contributed by atoms with Gasteiger partial charge in [-0.15, -0.1) is 0 Å². The van der Waals surface area contributed by atoms with Crippen LogP contribution in [0.3, 0.4) is 0 Å². The van der Waals surface area contributed by atoms with Crippen molar-refractivity contribution in [3.05, 3.63) is 37.4 Å². The van der Waals surface area contributed by atoms with E-state index >= 15 is 0 Å². The van der Waals surface area contributed by atoms with Crippen molar-refractivity contribution in [1.29, 1.82) is 0 Å². The van der Waals surface area contributed by atoms with E-state index in [0.717, 1.165) is 38.5 Å². The molecule has 4 saturated carbocycles. The van der Waals surface area contributed by atoms with Crippen molar-refractivity contribution in [2.75, 3.05) is 6.61 Å². The summed E-state index contributed by atoms with van der Waals surface area (Å²) in [6, 6.07) is -0.190. The van der Waals surface area contributed by atoms with E-state index in [1.807, 2.05) is 6.92 Å². The molecule has 4 aliphatic carbocycles. The minimum atomic E-state index is -1.58. The fourth-order valence-electron chi connectivity index (χ4n) is 8.52. The number of imidazole rings is 2. The number of ketones is 2. The number of Topliss-reactive ketones (excluding diaryl/α,β-unsaturated/α-hetero) is 2. The van der Waals surface area contributed by atoms with Gasteiger partial charge in [0.15, 0.2) is 5.78 Å². The molecule has 2 aromatic heterocycles. The van der Waals surface area contributed by atoms with E-state index in [2.05, 4.69) is 16.9 Å². The normalized spacial score (nSPS) is 39.8. The van der Waals surface area contributed by atoms with Crippen LogP contribution in [0.25, 0.3) is 0 Å². The van der Waals surface area contributed by atoms with E-state index < -0.39 is 23.4 Å². The topological polar surface area (TPSA) is 148 Å². The lowest BCUT2D eigenvalue weighted by molar-refractivity contribution is -0.180. The Balaban J connectivity index is 0.000000204. The molecule has 8 atom stereocenters. The molecule has 0 bridgehead atoms. The molecule has 10 nitrogen and oxygen atoms in total. The van der Waals surface area contributed by atoms with Gasteiger partial charge in [-0.1, -0.05) is 13.8 Å². The first-order chi connectivity index (χ1) is 18.0. The lowest BCUT2D eigenvalue weighted by Gasteiger charge is -2.60. The molecule has 0 unspecified atom stereocenters. The van der Waals surface area contributed by atoms with Gasteiger partial charge in [0.05, 0.1) is 6.10 Å². The van der Waals surface area contributed by atoms with Gasteiger partial charge in [0.25, 0.3) is 0 Å². The van der Waals surface area contributed by atoms with Crippen molar-refractivity contribution in [3.8, 4) is 0 Å². The molecule has 206 valence electrons. The number of fused-ring (bicyclic) bond motifs is 5. The van der Waals surface area contributed by atoms with Crippen LogP contribution in [0.15, 0.2) is 37.4 Å². The summed E-state index contributed by atoms with van der Waals surface area (Å²) in [4.78, 5) is 44.7. The highest BCUT2D eigenvalue weighted by Gasteiger charge is 2.68. The average molecular weight is 527 g/mol. The van der Waals surface area contributed by atoms with Gasteiger partial charge in [-0.25, -0.2) is 14.8 Å².